The van der Waals surface area contributed by atoms with Gasteiger partial charge in [-0.05, 0) is 0 Å². The molecule has 2 nitrogen and oxygen atoms in total. The van der Waals surface area contributed by atoms with Gasteiger partial charge >= 0.3 is 127 Å². The fourth-order valence-corrected chi connectivity index (χ4v) is 3.55. The van der Waals surface area contributed by atoms with Gasteiger partial charge in [0.1, 0.15) is 0 Å². The molecule has 3 heteroatoms. The van der Waals surface area contributed by atoms with E-state index < -0.39 is 0 Å². The van der Waals surface area contributed by atoms with Gasteiger partial charge in [0.05, 0.1) is 0 Å². The first-order valence-electron chi connectivity index (χ1n) is 7.03. The van der Waals surface area contributed by atoms with Crippen molar-refractivity contribution in [3.8, 4) is 0 Å². The third-order valence-electron chi connectivity index (χ3n) is 3.71. The number of hydrogen-bond acceptors (Lipinski definition) is 0. The molecule has 0 N–H and O–H groups in total. The predicted molar refractivity (Wildman–Crippen MR) is 84.7 cm³/mol. The minimum absolute atomic E-state index is 0.987. The molecule has 1 heterocycles. The number of aromatic nitrogens is 2. The Kier molecular flexibility index (Phi) is 3.90. The molecule has 0 aliphatic rings. The summed E-state index contributed by atoms with van der Waals surface area (Å²) in [5, 5.41) is 0. The van der Waals surface area contributed by atoms with Crippen molar-refractivity contribution in [2.24, 2.45) is 0 Å². The molecule has 0 aliphatic heterocycles. The van der Waals surface area contributed by atoms with Crippen LogP contribution in [0, 0.1) is 4.32 Å². The molecule has 3 aromatic rings. The molecule has 1 aromatic heterocycles. The number of nitrogens with zero attached hydrogens (tertiary/aromatic N) is 2. The zero-order chi connectivity index (χ0) is 13.9. The van der Waals surface area contributed by atoms with Crippen LogP contribution in [0.2, 0.25) is 0 Å². The first kappa shape index (κ1) is 13.4. The van der Waals surface area contributed by atoms with Crippen LogP contribution in [0.1, 0.15) is 12.5 Å². The molecule has 0 saturated carbocycles. The molecule has 0 unspecified atom stereocenters. The van der Waals surface area contributed by atoms with E-state index in [1.165, 1.54) is 20.9 Å². The van der Waals surface area contributed by atoms with Gasteiger partial charge in [0.25, 0.3) is 0 Å². The summed E-state index contributed by atoms with van der Waals surface area (Å²) < 4.78 is 5.93. The van der Waals surface area contributed by atoms with Crippen LogP contribution in [0.3, 0.4) is 0 Å². The van der Waals surface area contributed by atoms with E-state index in [4.69, 9.17) is 0 Å². The average Bonchev–Trinajstić information content (AvgIpc) is 2.77. The Morgan fingerprint density at radius 2 is 1.45 bits per heavy atom. The molecule has 0 saturated heterocycles. The van der Waals surface area contributed by atoms with Crippen LogP contribution in [-0.4, -0.2) is 24.7 Å². The number of rotatable bonds is 4. The zero-order valence-electron chi connectivity index (χ0n) is 11.6. The van der Waals surface area contributed by atoms with Crippen molar-refractivity contribution in [2.45, 2.75) is 26.4 Å². The van der Waals surface area contributed by atoms with Crippen molar-refractivity contribution in [2.75, 3.05) is 0 Å². The van der Waals surface area contributed by atoms with Crippen molar-refractivity contribution in [1.29, 1.82) is 0 Å². The molecule has 0 radical (unpaired) electrons. The Bertz CT molecular complexity index is 769. The summed E-state index contributed by atoms with van der Waals surface area (Å²) in [6.45, 7) is 4.18. The Morgan fingerprint density at radius 3 is 2.10 bits per heavy atom. The fraction of sp³-hybridized carbons (Fsp3) is 0.235. The molecular weight excluding hydrogens is 311 g/mol. The first-order valence-corrected chi connectivity index (χ1v) is 7.89. The van der Waals surface area contributed by atoms with Gasteiger partial charge in [-0.3, -0.25) is 0 Å². The summed E-state index contributed by atoms with van der Waals surface area (Å²) in [4.78, 5) is 0. The van der Waals surface area contributed by atoms with E-state index in [2.05, 4.69) is 86.2 Å². The fourth-order valence-electron chi connectivity index (χ4n) is 2.68. The summed E-state index contributed by atoms with van der Waals surface area (Å²) in [5.41, 5.74) is 3.99. The quantitative estimate of drug-likeness (QED) is 0.649. The van der Waals surface area contributed by atoms with Crippen molar-refractivity contribution in [3.63, 3.8) is 0 Å². The minimum atomic E-state index is 0.987. The van der Waals surface area contributed by atoms with Crippen LogP contribution in [0.25, 0.3) is 11.0 Å². The van der Waals surface area contributed by atoms with Crippen molar-refractivity contribution in [3.05, 3.63) is 64.5 Å². The summed E-state index contributed by atoms with van der Waals surface area (Å²) in [6.07, 6.45) is 1.05. The van der Waals surface area contributed by atoms with Crippen LogP contribution >= 0.6 is 0 Å². The van der Waals surface area contributed by atoms with E-state index in [1.807, 2.05) is 0 Å². The van der Waals surface area contributed by atoms with Gasteiger partial charge in [-0.25, -0.2) is 0 Å². The van der Waals surface area contributed by atoms with Gasteiger partial charge < -0.3 is 0 Å². The van der Waals surface area contributed by atoms with E-state index in [1.54, 1.807) is 0 Å². The number of benzene rings is 2. The Labute approximate surface area is 127 Å². The van der Waals surface area contributed by atoms with Crippen molar-refractivity contribution >= 4 is 26.6 Å². The molecule has 0 fully saturated rings. The SMILES string of the molecule is CCn1c(=[Se])n(CCc2ccccc2)c2ccccc21. The van der Waals surface area contributed by atoms with Crippen molar-refractivity contribution in [1.82, 2.24) is 9.13 Å². The van der Waals surface area contributed by atoms with E-state index in [0.29, 0.717) is 0 Å². The molecule has 0 aliphatic carbocycles. The van der Waals surface area contributed by atoms with E-state index >= 15 is 0 Å². The number of imidazole rings is 1. The van der Waals surface area contributed by atoms with Crippen LogP contribution < -0.4 is 0 Å². The second-order valence-corrected chi connectivity index (χ2v) is 5.67. The van der Waals surface area contributed by atoms with Crippen molar-refractivity contribution < 1.29 is 0 Å². The van der Waals surface area contributed by atoms with Gasteiger partial charge in [0.2, 0.25) is 0 Å². The molecule has 0 atom stereocenters. The van der Waals surface area contributed by atoms with Gasteiger partial charge in [-0.1, -0.05) is 0 Å². The van der Waals surface area contributed by atoms with Crippen LogP contribution in [0.4, 0.5) is 0 Å². The van der Waals surface area contributed by atoms with Gasteiger partial charge in [-0.15, -0.1) is 0 Å². The summed E-state index contributed by atoms with van der Waals surface area (Å²) in [7, 11) is 0. The summed E-state index contributed by atoms with van der Waals surface area (Å²) in [5.74, 6) is 0. The maximum atomic E-state index is 3.24. The molecule has 0 spiro atoms. The van der Waals surface area contributed by atoms with Crippen LogP contribution in [-0.2, 0) is 19.5 Å². The molecule has 0 amide bonds. The predicted octanol–water partition coefficient (Wildman–Crippen LogP) is 3.41. The Hall–Kier alpha value is -1.57. The first-order chi connectivity index (χ1) is 9.81. The standard InChI is InChI=1S/C17H18N2Se/c1-2-18-15-10-6-7-11-16(15)19(17(18)20)13-12-14-8-4-3-5-9-14/h3-11H,2,12-13H2,1H3. The number of fused-ring (bicyclic) bond motifs is 1. The third-order valence-corrected chi connectivity index (χ3v) is 4.63. The summed E-state index contributed by atoms with van der Waals surface area (Å²) >= 11 is 3.24. The number of para-hydroxylation sites is 2. The molecule has 3 rings (SSSR count). The van der Waals surface area contributed by atoms with Gasteiger partial charge in [-0.2, -0.15) is 0 Å². The molecule has 0 bridgehead atoms. The van der Waals surface area contributed by atoms with Gasteiger partial charge in [0.15, 0.2) is 0 Å². The summed E-state index contributed by atoms with van der Waals surface area (Å²) in [6, 6.07) is 19.3. The van der Waals surface area contributed by atoms with E-state index in [-0.39, 0.29) is 0 Å². The normalized spacial score (nSPS) is 11.1. The number of hydrogen-bond donors (Lipinski definition) is 0. The molecule has 2 aromatic carbocycles. The number of aryl methyl sites for hydroxylation is 3. The average molecular weight is 329 g/mol. The van der Waals surface area contributed by atoms with Crippen LogP contribution in [0.15, 0.2) is 54.6 Å². The second-order valence-electron chi connectivity index (χ2n) is 4.90. The molecule has 20 heavy (non-hydrogen) atoms. The second kappa shape index (κ2) is 5.82. The monoisotopic (exact) mass is 330 g/mol. The molecular formula is C17H18N2Se. The zero-order valence-corrected chi connectivity index (χ0v) is 13.3. The van der Waals surface area contributed by atoms with E-state index in [0.717, 1.165) is 19.5 Å². The maximum absolute atomic E-state index is 3.24. The third kappa shape index (κ3) is 2.39. The Morgan fingerprint density at radius 1 is 0.850 bits per heavy atom. The van der Waals surface area contributed by atoms with Crippen LogP contribution in [0.5, 0.6) is 0 Å². The van der Waals surface area contributed by atoms with Gasteiger partial charge in [0, 0.05) is 0 Å². The molecule has 102 valence electrons. The topological polar surface area (TPSA) is 9.86 Å². The Balaban J connectivity index is 1.99. The van der Waals surface area contributed by atoms with E-state index in [9.17, 15) is 0 Å².